The van der Waals surface area contributed by atoms with E-state index in [1.54, 1.807) is 0 Å². The minimum absolute atomic E-state index is 0.223. The summed E-state index contributed by atoms with van der Waals surface area (Å²) in [6.45, 7) is 3.15. The number of H-pyrrole nitrogens is 2. The Morgan fingerprint density at radius 3 is 2.78 bits per heavy atom. The quantitative estimate of drug-likeness (QED) is 0.657. The van der Waals surface area contributed by atoms with E-state index in [0.29, 0.717) is 6.54 Å². The Morgan fingerprint density at radius 2 is 2.00 bits per heavy atom. The lowest BCUT2D eigenvalue weighted by atomic mass is 9.94. The molecular weight excluding hydrogens is 344 g/mol. The molecule has 1 atom stereocenters. The van der Waals surface area contributed by atoms with E-state index in [-0.39, 0.29) is 11.4 Å². The highest BCUT2D eigenvalue weighted by Crippen LogP contribution is 2.38. The Morgan fingerprint density at radius 1 is 1.22 bits per heavy atom. The van der Waals surface area contributed by atoms with Crippen molar-refractivity contribution in [3.05, 3.63) is 61.9 Å². The van der Waals surface area contributed by atoms with Crippen molar-refractivity contribution in [2.75, 3.05) is 13.6 Å². The summed E-state index contributed by atoms with van der Waals surface area (Å²) in [5, 5.41) is 12.0. The van der Waals surface area contributed by atoms with Gasteiger partial charge in [-0.15, -0.1) is 0 Å². The minimum Gasteiger partial charge on any atom is -0.494 e. The van der Waals surface area contributed by atoms with Crippen molar-refractivity contribution in [3.63, 3.8) is 0 Å². The maximum absolute atomic E-state index is 12.7. The third-order valence-corrected chi connectivity index (χ3v) is 5.49. The fraction of sp³-hybridized carbons (Fsp3) is 0.400. The first-order chi connectivity index (χ1) is 13.0. The van der Waals surface area contributed by atoms with Crippen LogP contribution in [0.5, 0.6) is 5.88 Å². The molecule has 0 aliphatic carbocycles. The Balaban J connectivity index is 1.94. The number of benzene rings is 1. The van der Waals surface area contributed by atoms with Gasteiger partial charge in [0, 0.05) is 29.7 Å². The number of aromatic nitrogens is 3. The fourth-order valence-electron chi connectivity index (χ4n) is 4.07. The molecule has 0 saturated heterocycles. The van der Waals surface area contributed by atoms with Crippen molar-refractivity contribution in [1.82, 2.24) is 19.4 Å². The van der Waals surface area contributed by atoms with E-state index < -0.39 is 17.3 Å². The van der Waals surface area contributed by atoms with Crippen LogP contribution in [0, 0.1) is 0 Å². The van der Waals surface area contributed by atoms with Gasteiger partial charge in [0.25, 0.3) is 5.56 Å². The lowest BCUT2D eigenvalue weighted by Gasteiger charge is -2.33. The number of hydrogen-bond donors (Lipinski definition) is 3. The van der Waals surface area contributed by atoms with E-state index in [0.717, 1.165) is 42.4 Å². The van der Waals surface area contributed by atoms with Gasteiger partial charge in [-0.2, -0.15) is 0 Å². The third-order valence-electron chi connectivity index (χ3n) is 5.49. The summed E-state index contributed by atoms with van der Waals surface area (Å²) in [6, 6.07) is 7.62. The average molecular weight is 368 g/mol. The number of nitrogens with zero attached hydrogens (tertiary/aromatic N) is 2. The molecule has 1 aliphatic rings. The number of rotatable bonds is 4. The Labute approximate surface area is 156 Å². The molecule has 3 N–H and O–H groups in total. The van der Waals surface area contributed by atoms with Crippen molar-refractivity contribution in [1.29, 1.82) is 0 Å². The fourth-order valence-corrected chi connectivity index (χ4v) is 4.07. The normalized spacial score (nSPS) is 17.3. The number of fused-ring (bicyclic) bond motifs is 3. The second kappa shape index (κ2) is 6.74. The van der Waals surface area contributed by atoms with E-state index in [1.807, 2.05) is 37.1 Å². The highest BCUT2D eigenvalue weighted by atomic mass is 16.3. The van der Waals surface area contributed by atoms with Gasteiger partial charge in [-0.1, -0.05) is 31.5 Å². The first kappa shape index (κ1) is 17.6. The number of aromatic hydroxyl groups is 1. The molecule has 3 aromatic rings. The van der Waals surface area contributed by atoms with Crippen molar-refractivity contribution in [3.8, 4) is 5.88 Å². The smallest absolute Gasteiger partial charge is 0.331 e. The van der Waals surface area contributed by atoms with Crippen LogP contribution in [0.1, 0.15) is 42.6 Å². The summed E-state index contributed by atoms with van der Waals surface area (Å²) < 4.78 is 1.27. The zero-order valence-corrected chi connectivity index (χ0v) is 15.6. The van der Waals surface area contributed by atoms with Crippen molar-refractivity contribution in [2.45, 2.75) is 38.8 Å². The maximum atomic E-state index is 12.7. The number of aromatic amines is 2. The summed E-state index contributed by atoms with van der Waals surface area (Å²) in [5.74, 6) is -0.236. The molecule has 2 aromatic heterocycles. The second-order valence-corrected chi connectivity index (χ2v) is 7.20. The van der Waals surface area contributed by atoms with Gasteiger partial charge in [0.1, 0.15) is 5.56 Å². The zero-order valence-electron chi connectivity index (χ0n) is 15.6. The summed E-state index contributed by atoms with van der Waals surface area (Å²) >= 11 is 0. The Kier molecular flexibility index (Phi) is 4.39. The van der Waals surface area contributed by atoms with Gasteiger partial charge in [-0.25, -0.2) is 4.79 Å². The van der Waals surface area contributed by atoms with E-state index in [1.165, 1.54) is 10.1 Å². The Hall–Kier alpha value is -2.80. The summed E-state index contributed by atoms with van der Waals surface area (Å²) in [5.41, 5.74) is 2.21. The van der Waals surface area contributed by atoms with Gasteiger partial charge < -0.3 is 10.1 Å². The molecule has 1 unspecified atom stereocenters. The maximum Gasteiger partial charge on any atom is 0.331 e. The van der Waals surface area contributed by atoms with Crippen LogP contribution < -0.4 is 11.2 Å². The number of nitrogens with one attached hydrogen (secondary N) is 2. The molecule has 0 fully saturated rings. The van der Waals surface area contributed by atoms with Gasteiger partial charge in [-0.3, -0.25) is 19.2 Å². The highest BCUT2D eigenvalue weighted by molar-refractivity contribution is 5.85. The molecule has 0 spiro atoms. The first-order valence-corrected chi connectivity index (χ1v) is 9.38. The average Bonchev–Trinajstić information content (AvgIpc) is 3.02. The third kappa shape index (κ3) is 2.78. The van der Waals surface area contributed by atoms with Gasteiger partial charge >= 0.3 is 5.69 Å². The molecule has 7 heteroatoms. The molecule has 7 nitrogen and oxygen atoms in total. The summed E-state index contributed by atoms with van der Waals surface area (Å²) in [4.78, 5) is 32.7. The number of unbranched alkanes of at least 4 members (excludes halogenated alkanes) is 1. The van der Waals surface area contributed by atoms with Crippen LogP contribution in [0.3, 0.4) is 0 Å². The van der Waals surface area contributed by atoms with Crippen molar-refractivity contribution < 1.29 is 5.11 Å². The topological polar surface area (TPSA) is 94.1 Å². The molecule has 0 saturated carbocycles. The molecule has 142 valence electrons. The molecule has 1 aromatic carbocycles. The molecule has 1 aliphatic heterocycles. The van der Waals surface area contributed by atoms with E-state index in [2.05, 4.69) is 16.0 Å². The molecular formula is C20H24N4O3. The SMILES string of the molecule is CCCCn1c(O)c(C2c3[nH]c4ccccc4c3CCN2C)c(=O)[nH]c1=O. The lowest BCUT2D eigenvalue weighted by Crippen LogP contribution is -2.40. The molecule has 0 radical (unpaired) electrons. The predicted octanol–water partition coefficient (Wildman–Crippen LogP) is 2.10. The van der Waals surface area contributed by atoms with Crippen LogP contribution in [0.4, 0.5) is 0 Å². The molecule has 27 heavy (non-hydrogen) atoms. The van der Waals surface area contributed by atoms with Crippen LogP contribution in [0.15, 0.2) is 33.9 Å². The standard InChI is InChI=1S/C20H24N4O3/c1-3-4-10-24-19(26)15(18(25)22-20(24)27)17-16-13(9-11-23(17)2)12-7-5-6-8-14(12)21-16/h5-8,17,21,26H,3-4,9-11H2,1-2H3,(H,22,25,27). The molecule has 0 bridgehead atoms. The highest BCUT2D eigenvalue weighted by Gasteiger charge is 2.34. The molecule has 4 rings (SSSR count). The van der Waals surface area contributed by atoms with E-state index in [9.17, 15) is 14.7 Å². The zero-order chi connectivity index (χ0) is 19.1. The lowest BCUT2D eigenvalue weighted by molar-refractivity contribution is 0.249. The number of likely N-dealkylation sites (N-methyl/N-ethyl adjacent to an activating group) is 1. The van der Waals surface area contributed by atoms with E-state index >= 15 is 0 Å². The van der Waals surface area contributed by atoms with Gasteiger partial charge in [0.15, 0.2) is 0 Å². The Bertz CT molecular complexity index is 1110. The van der Waals surface area contributed by atoms with E-state index in [4.69, 9.17) is 0 Å². The molecule has 3 heterocycles. The summed E-state index contributed by atoms with van der Waals surface area (Å²) in [7, 11) is 1.93. The molecule has 0 amide bonds. The van der Waals surface area contributed by atoms with Crippen molar-refractivity contribution in [2.24, 2.45) is 0 Å². The summed E-state index contributed by atoms with van der Waals surface area (Å²) in [6.07, 6.45) is 2.49. The minimum atomic E-state index is -0.565. The monoisotopic (exact) mass is 368 g/mol. The first-order valence-electron chi connectivity index (χ1n) is 9.38. The van der Waals surface area contributed by atoms with Gasteiger partial charge in [-0.05, 0) is 31.5 Å². The van der Waals surface area contributed by atoms with Gasteiger partial charge in [0.2, 0.25) is 5.88 Å². The van der Waals surface area contributed by atoms with Gasteiger partial charge in [0.05, 0.1) is 6.04 Å². The van der Waals surface area contributed by atoms with Crippen LogP contribution in [-0.4, -0.2) is 38.1 Å². The van der Waals surface area contributed by atoms with Crippen LogP contribution in [-0.2, 0) is 13.0 Å². The van der Waals surface area contributed by atoms with Crippen molar-refractivity contribution >= 4 is 10.9 Å². The largest absolute Gasteiger partial charge is 0.494 e. The number of para-hydroxylation sites is 1. The van der Waals surface area contributed by atoms with Crippen LogP contribution in [0.25, 0.3) is 10.9 Å². The second-order valence-electron chi connectivity index (χ2n) is 7.20. The van der Waals surface area contributed by atoms with Crippen LogP contribution >= 0.6 is 0 Å². The number of hydrogen-bond acceptors (Lipinski definition) is 4. The van der Waals surface area contributed by atoms with Crippen LogP contribution in [0.2, 0.25) is 0 Å². The predicted molar refractivity (Wildman–Crippen MR) is 104 cm³/mol.